The number of hydrogen-bond acceptors (Lipinski definition) is 3. The molecular weight excluding hydrogens is 176 g/mol. The van der Waals surface area contributed by atoms with Crippen LogP contribution in [0.5, 0.6) is 0 Å². The van der Waals surface area contributed by atoms with Gasteiger partial charge in [-0.05, 0) is 18.3 Å². The molecule has 0 aromatic rings. The minimum atomic E-state index is 0.602. The van der Waals surface area contributed by atoms with E-state index < -0.39 is 0 Å². The van der Waals surface area contributed by atoms with Crippen molar-refractivity contribution in [2.45, 2.75) is 19.3 Å². The molecule has 0 unspecified atom stereocenters. The maximum atomic E-state index is 5.60. The van der Waals surface area contributed by atoms with Crippen LogP contribution in [0.2, 0.25) is 0 Å². The van der Waals surface area contributed by atoms with E-state index in [0.29, 0.717) is 5.41 Å². The standard InChI is InChI=1S/C11H22N2O/c1-14-8-10-7-13(6-5-12)9-11(10)3-2-4-11/h10H,2-9,12H2,1H3/t10-/m0/s1. The summed E-state index contributed by atoms with van der Waals surface area (Å²) >= 11 is 0. The Hall–Kier alpha value is -0.120. The van der Waals surface area contributed by atoms with Gasteiger partial charge in [-0.25, -0.2) is 0 Å². The molecule has 82 valence electrons. The first-order valence-corrected chi connectivity index (χ1v) is 5.72. The molecule has 0 amide bonds. The monoisotopic (exact) mass is 198 g/mol. The minimum Gasteiger partial charge on any atom is -0.384 e. The minimum absolute atomic E-state index is 0.602. The molecule has 3 heteroatoms. The van der Waals surface area contributed by atoms with Gasteiger partial charge in [-0.2, -0.15) is 0 Å². The quantitative estimate of drug-likeness (QED) is 0.722. The van der Waals surface area contributed by atoms with Crippen LogP contribution >= 0.6 is 0 Å². The molecule has 1 spiro atoms. The molecule has 1 aliphatic carbocycles. The van der Waals surface area contributed by atoms with Gasteiger partial charge in [0.1, 0.15) is 0 Å². The predicted molar refractivity (Wildman–Crippen MR) is 57.1 cm³/mol. The average molecular weight is 198 g/mol. The lowest BCUT2D eigenvalue weighted by molar-refractivity contribution is 0.0368. The zero-order valence-corrected chi connectivity index (χ0v) is 9.17. The summed E-state index contributed by atoms with van der Waals surface area (Å²) in [5.74, 6) is 0.757. The Morgan fingerprint density at radius 2 is 2.29 bits per heavy atom. The van der Waals surface area contributed by atoms with Crippen molar-refractivity contribution in [2.24, 2.45) is 17.1 Å². The zero-order valence-electron chi connectivity index (χ0n) is 9.17. The number of rotatable bonds is 4. The van der Waals surface area contributed by atoms with Crippen LogP contribution < -0.4 is 5.73 Å². The van der Waals surface area contributed by atoms with Gasteiger partial charge in [0.15, 0.2) is 0 Å². The third kappa shape index (κ3) is 1.69. The third-order valence-electron chi connectivity index (χ3n) is 4.05. The Balaban J connectivity index is 1.94. The van der Waals surface area contributed by atoms with Crippen LogP contribution in [0.25, 0.3) is 0 Å². The fourth-order valence-corrected chi connectivity index (χ4v) is 3.13. The van der Waals surface area contributed by atoms with Crippen molar-refractivity contribution in [1.29, 1.82) is 0 Å². The maximum Gasteiger partial charge on any atom is 0.0508 e. The molecule has 1 heterocycles. The smallest absolute Gasteiger partial charge is 0.0508 e. The van der Waals surface area contributed by atoms with Gasteiger partial charge >= 0.3 is 0 Å². The molecular formula is C11H22N2O. The average Bonchev–Trinajstić information content (AvgIpc) is 2.45. The third-order valence-corrected chi connectivity index (χ3v) is 4.05. The molecule has 14 heavy (non-hydrogen) atoms. The van der Waals surface area contributed by atoms with Crippen LogP contribution in [-0.2, 0) is 4.74 Å². The fraction of sp³-hybridized carbons (Fsp3) is 1.00. The molecule has 2 aliphatic rings. The highest BCUT2D eigenvalue weighted by Gasteiger charge is 2.49. The highest BCUT2D eigenvalue weighted by atomic mass is 16.5. The Bertz CT molecular complexity index is 192. The molecule has 1 saturated heterocycles. The molecule has 0 bridgehead atoms. The van der Waals surface area contributed by atoms with Crippen LogP contribution in [0.3, 0.4) is 0 Å². The van der Waals surface area contributed by atoms with Gasteiger partial charge in [-0.3, -0.25) is 0 Å². The van der Waals surface area contributed by atoms with Gasteiger partial charge in [-0.15, -0.1) is 0 Å². The highest BCUT2D eigenvalue weighted by Crippen LogP contribution is 2.51. The number of nitrogens with two attached hydrogens (primary N) is 1. The summed E-state index contributed by atoms with van der Waals surface area (Å²) < 4.78 is 5.33. The van der Waals surface area contributed by atoms with Crippen molar-refractivity contribution in [1.82, 2.24) is 4.90 Å². The van der Waals surface area contributed by atoms with Crippen LogP contribution in [-0.4, -0.2) is 44.8 Å². The molecule has 2 rings (SSSR count). The Labute approximate surface area is 86.6 Å². The molecule has 1 aliphatic heterocycles. The van der Waals surface area contributed by atoms with Crippen molar-refractivity contribution in [2.75, 3.05) is 39.9 Å². The summed E-state index contributed by atoms with van der Waals surface area (Å²) in [5.41, 5.74) is 6.21. The van der Waals surface area contributed by atoms with Crippen molar-refractivity contribution in [3.63, 3.8) is 0 Å². The van der Waals surface area contributed by atoms with E-state index in [1.165, 1.54) is 32.4 Å². The van der Waals surface area contributed by atoms with Gasteiger partial charge in [0.05, 0.1) is 6.61 Å². The fourth-order valence-electron chi connectivity index (χ4n) is 3.13. The van der Waals surface area contributed by atoms with E-state index in [2.05, 4.69) is 4.90 Å². The van der Waals surface area contributed by atoms with Gasteiger partial charge in [0, 0.05) is 39.2 Å². The number of hydrogen-bond donors (Lipinski definition) is 1. The second-order valence-electron chi connectivity index (χ2n) is 4.89. The normalized spacial score (nSPS) is 30.9. The molecule has 2 fully saturated rings. The Morgan fingerprint density at radius 1 is 1.50 bits per heavy atom. The summed E-state index contributed by atoms with van der Waals surface area (Å²) in [6.45, 7) is 5.24. The number of likely N-dealkylation sites (tertiary alicyclic amines) is 1. The van der Waals surface area contributed by atoms with E-state index in [9.17, 15) is 0 Å². The van der Waals surface area contributed by atoms with E-state index in [-0.39, 0.29) is 0 Å². The second kappa shape index (κ2) is 4.17. The van der Waals surface area contributed by atoms with Gasteiger partial charge in [0.2, 0.25) is 0 Å². The van der Waals surface area contributed by atoms with E-state index in [0.717, 1.165) is 25.6 Å². The molecule has 0 aromatic carbocycles. The van der Waals surface area contributed by atoms with Crippen molar-refractivity contribution in [3.8, 4) is 0 Å². The number of nitrogens with zero attached hydrogens (tertiary/aromatic N) is 1. The predicted octanol–water partition coefficient (Wildman–Crippen LogP) is 0.694. The molecule has 0 radical (unpaired) electrons. The van der Waals surface area contributed by atoms with E-state index in [1.54, 1.807) is 0 Å². The molecule has 0 aromatic heterocycles. The van der Waals surface area contributed by atoms with Gasteiger partial charge in [-0.1, -0.05) is 6.42 Å². The number of ether oxygens (including phenoxy) is 1. The summed E-state index contributed by atoms with van der Waals surface area (Å²) in [6.07, 6.45) is 4.22. The lowest BCUT2D eigenvalue weighted by Crippen LogP contribution is -2.39. The maximum absolute atomic E-state index is 5.60. The molecule has 1 atom stereocenters. The van der Waals surface area contributed by atoms with Crippen LogP contribution in [0, 0.1) is 11.3 Å². The highest BCUT2D eigenvalue weighted by molar-refractivity contribution is 5.01. The lowest BCUT2D eigenvalue weighted by Gasteiger charge is -2.42. The first-order chi connectivity index (χ1) is 6.80. The largest absolute Gasteiger partial charge is 0.384 e. The lowest BCUT2D eigenvalue weighted by atomic mass is 9.63. The SMILES string of the molecule is COC[C@@H]1CN(CCN)CC12CCC2. The molecule has 1 saturated carbocycles. The van der Waals surface area contributed by atoms with E-state index in [4.69, 9.17) is 10.5 Å². The first-order valence-electron chi connectivity index (χ1n) is 5.72. The summed E-state index contributed by atoms with van der Waals surface area (Å²) in [4.78, 5) is 2.52. The Morgan fingerprint density at radius 3 is 2.79 bits per heavy atom. The van der Waals surface area contributed by atoms with Crippen molar-refractivity contribution in [3.05, 3.63) is 0 Å². The zero-order chi connectivity index (χ0) is 10.0. The van der Waals surface area contributed by atoms with Gasteiger partial charge in [0.25, 0.3) is 0 Å². The summed E-state index contributed by atoms with van der Waals surface area (Å²) in [5, 5.41) is 0. The van der Waals surface area contributed by atoms with Crippen LogP contribution in [0.15, 0.2) is 0 Å². The summed E-state index contributed by atoms with van der Waals surface area (Å²) in [7, 11) is 1.82. The topological polar surface area (TPSA) is 38.5 Å². The van der Waals surface area contributed by atoms with Crippen molar-refractivity contribution >= 4 is 0 Å². The summed E-state index contributed by atoms with van der Waals surface area (Å²) in [6, 6.07) is 0. The molecule has 2 N–H and O–H groups in total. The van der Waals surface area contributed by atoms with Gasteiger partial charge < -0.3 is 15.4 Å². The van der Waals surface area contributed by atoms with E-state index >= 15 is 0 Å². The first kappa shape index (κ1) is 10.4. The van der Waals surface area contributed by atoms with Crippen LogP contribution in [0.4, 0.5) is 0 Å². The Kier molecular flexibility index (Phi) is 3.10. The van der Waals surface area contributed by atoms with E-state index in [1.807, 2.05) is 7.11 Å². The second-order valence-corrected chi connectivity index (χ2v) is 4.89. The van der Waals surface area contributed by atoms with Crippen molar-refractivity contribution < 1.29 is 4.74 Å². The number of methoxy groups -OCH3 is 1. The molecule has 3 nitrogen and oxygen atoms in total. The van der Waals surface area contributed by atoms with Crippen LogP contribution in [0.1, 0.15) is 19.3 Å².